The minimum atomic E-state index is -0.763. The van der Waals surface area contributed by atoms with Crippen LogP contribution in [0.25, 0.3) is 0 Å². The summed E-state index contributed by atoms with van der Waals surface area (Å²) in [6.45, 7) is 1.40. The number of Topliss-reactive ketones (excluding diaryl/α,β-unsaturated/α-hetero) is 1. The molecule has 1 aliphatic carbocycles. The van der Waals surface area contributed by atoms with Gasteiger partial charge in [-0.3, -0.25) is 29.3 Å². The van der Waals surface area contributed by atoms with E-state index in [1.807, 2.05) is 6.92 Å². The van der Waals surface area contributed by atoms with Crippen LogP contribution < -0.4 is 4.74 Å². The molecule has 2 fully saturated rings. The van der Waals surface area contributed by atoms with E-state index in [9.17, 15) is 34.1 Å². The predicted molar refractivity (Wildman–Crippen MR) is 153 cm³/mol. The van der Waals surface area contributed by atoms with Gasteiger partial charge in [0.2, 0.25) is 0 Å². The van der Waals surface area contributed by atoms with Crippen molar-refractivity contribution >= 4 is 46.8 Å². The average molecular weight is 604 g/mol. The van der Waals surface area contributed by atoms with Crippen molar-refractivity contribution < 1.29 is 33.6 Å². The zero-order chi connectivity index (χ0) is 30.8. The molecule has 43 heavy (non-hydrogen) atoms. The fraction of sp³-hybridized carbons (Fsp3) is 0.258. The van der Waals surface area contributed by atoms with Crippen LogP contribution in [-0.2, 0) is 9.59 Å². The van der Waals surface area contributed by atoms with Gasteiger partial charge in [-0.25, -0.2) is 9.80 Å². The number of imide groups is 1. The molecule has 1 heterocycles. The summed E-state index contributed by atoms with van der Waals surface area (Å²) in [5, 5.41) is 12.6. The Morgan fingerprint density at radius 1 is 0.930 bits per heavy atom. The molecule has 3 atom stereocenters. The Balaban J connectivity index is 1.36. The van der Waals surface area contributed by atoms with Gasteiger partial charge in [-0.2, -0.15) is 5.01 Å². The number of nitrogens with zero attached hydrogens (tertiary/aromatic N) is 3. The van der Waals surface area contributed by atoms with Gasteiger partial charge in [-0.15, -0.1) is 0 Å². The van der Waals surface area contributed by atoms with E-state index in [2.05, 4.69) is 0 Å². The van der Waals surface area contributed by atoms with Crippen molar-refractivity contribution in [2.24, 2.45) is 17.8 Å². The molecular formula is C31H26ClN3O8. The monoisotopic (exact) mass is 603 g/mol. The second kappa shape index (κ2) is 12.1. The number of halogens is 1. The molecule has 3 amide bonds. The summed E-state index contributed by atoms with van der Waals surface area (Å²) in [6, 6.07) is 16.6. The first-order valence-corrected chi connectivity index (χ1v) is 14.0. The van der Waals surface area contributed by atoms with Crippen molar-refractivity contribution in [3.05, 3.63) is 105 Å². The zero-order valence-corrected chi connectivity index (χ0v) is 23.7. The van der Waals surface area contributed by atoms with Crippen LogP contribution in [-0.4, -0.2) is 51.0 Å². The van der Waals surface area contributed by atoms with Gasteiger partial charge in [0.15, 0.2) is 5.78 Å². The van der Waals surface area contributed by atoms with E-state index in [1.54, 1.807) is 12.1 Å². The zero-order valence-electron chi connectivity index (χ0n) is 23.0. The van der Waals surface area contributed by atoms with Crippen LogP contribution in [0.15, 0.2) is 72.8 Å². The quantitative estimate of drug-likeness (QED) is 0.0860. The first kappa shape index (κ1) is 29.6. The molecule has 0 radical (unpaired) electrons. The largest absolute Gasteiger partial charge is 0.423 e. The lowest BCUT2D eigenvalue weighted by Gasteiger charge is -2.30. The third kappa shape index (κ3) is 6.02. The molecule has 0 unspecified atom stereocenters. The number of hydrogen-bond donors (Lipinski definition) is 0. The molecule has 0 spiro atoms. The van der Waals surface area contributed by atoms with Gasteiger partial charge in [0.1, 0.15) is 12.3 Å². The minimum Gasteiger partial charge on any atom is -0.423 e. The molecule has 2 aliphatic rings. The first-order valence-electron chi connectivity index (χ1n) is 13.6. The van der Waals surface area contributed by atoms with E-state index < -0.39 is 52.8 Å². The fourth-order valence-electron chi connectivity index (χ4n) is 5.44. The van der Waals surface area contributed by atoms with Gasteiger partial charge in [0.25, 0.3) is 23.4 Å². The van der Waals surface area contributed by atoms with Crippen LogP contribution in [0.3, 0.4) is 0 Å². The molecule has 3 aromatic carbocycles. The van der Waals surface area contributed by atoms with Gasteiger partial charge in [-0.1, -0.05) is 30.7 Å². The van der Waals surface area contributed by atoms with Crippen molar-refractivity contribution in [2.45, 2.75) is 26.2 Å². The number of esters is 1. The average Bonchev–Trinajstić information content (AvgIpc) is 3.24. The van der Waals surface area contributed by atoms with E-state index in [-0.39, 0.29) is 39.1 Å². The number of benzene rings is 3. The summed E-state index contributed by atoms with van der Waals surface area (Å²) in [7, 11) is 0. The third-order valence-electron chi connectivity index (χ3n) is 7.74. The van der Waals surface area contributed by atoms with Crippen LogP contribution in [0.4, 0.5) is 5.69 Å². The molecular weight excluding hydrogens is 578 g/mol. The lowest BCUT2D eigenvalue weighted by Crippen LogP contribution is -2.52. The van der Waals surface area contributed by atoms with Crippen LogP contribution in [0.2, 0.25) is 5.02 Å². The predicted octanol–water partition coefficient (Wildman–Crippen LogP) is 5.13. The Morgan fingerprint density at radius 2 is 1.56 bits per heavy atom. The van der Waals surface area contributed by atoms with E-state index in [1.165, 1.54) is 60.7 Å². The highest BCUT2D eigenvalue weighted by Gasteiger charge is 2.53. The van der Waals surface area contributed by atoms with Crippen molar-refractivity contribution in [1.82, 2.24) is 10.0 Å². The number of fused-ring (bicyclic) bond motifs is 1. The number of nitro benzene ring substituents is 1. The summed E-state index contributed by atoms with van der Waals surface area (Å²) in [5.41, 5.74) is 0.0908. The molecule has 11 nitrogen and oxygen atoms in total. The minimum absolute atomic E-state index is 0.0364. The maximum absolute atomic E-state index is 13.7. The summed E-state index contributed by atoms with van der Waals surface area (Å²) < 4.78 is 5.30. The van der Waals surface area contributed by atoms with Crippen molar-refractivity contribution in [2.75, 3.05) is 6.54 Å². The number of non-ortho nitro benzene ring substituents is 1. The number of hydrazine groups is 1. The fourth-order valence-corrected chi connectivity index (χ4v) is 5.66. The maximum atomic E-state index is 13.7. The van der Waals surface area contributed by atoms with Crippen LogP contribution in [0, 0.1) is 27.9 Å². The SMILES string of the molecule is C[C@@H]1CC[C@@H]2C(=O)N(N(CC(=O)c3ccc(OC(=O)c4ccc([N+](=O)[O-])cc4)cc3)C(=O)c3ccccc3Cl)C(=O)[C@H]2C1. The molecule has 0 aromatic heterocycles. The van der Waals surface area contributed by atoms with E-state index in [0.717, 1.165) is 16.4 Å². The molecule has 220 valence electrons. The van der Waals surface area contributed by atoms with Gasteiger partial charge in [0, 0.05) is 17.7 Å². The van der Waals surface area contributed by atoms with Gasteiger partial charge >= 0.3 is 5.97 Å². The van der Waals surface area contributed by atoms with Crippen molar-refractivity contribution in [1.29, 1.82) is 0 Å². The van der Waals surface area contributed by atoms with E-state index >= 15 is 0 Å². The Kier molecular flexibility index (Phi) is 8.36. The van der Waals surface area contributed by atoms with Gasteiger partial charge < -0.3 is 4.74 Å². The number of carbonyl (C=O) groups is 5. The highest BCUT2D eigenvalue weighted by atomic mass is 35.5. The van der Waals surface area contributed by atoms with Crippen molar-refractivity contribution in [3.8, 4) is 5.75 Å². The lowest BCUT2D eigenvalue weighted by molar-refractivity contribution is -0.384. The number of rotatable bonds is 8. The molecule has 1 aliphatic heterocycles. The molecule has 0 N–H and O–H groups in total. The second-order valence-electron chi connectivity index (χ2n) is 10.6. The Bertz CT molecular complexity index is 1620. The number of hydrogen-bond acceptors (Lipinski definition) is 8. The lowest BCUT2D eigenvalue weighted by atomic mass is 9.76. The summed E-state index contributed by atoms with van der Waals surface area (Å²) >= 11 is 6.27. The van der Waals surface area contributed by atoms with Crippen LogP contribution in [0.1, 0.15) is 57.3 Å². The van der Waals surface area contributed by atoms with E-state index in [4.69, 9.17) is 16.3 Å². The number of ketones is 1. The topological polar surface area (TPSA) is 144 Å². The van der Waals surface area contributed by atoms with Gasteiger partial charge in [-0.05, 0) is 73.7 Å². The van der Waals surface area contributed by atoms with Gasteiger partial charge in [0.05, 0.1) is 32.9 Å². The molecule has 5 rings (SSSR count). The van der Waals surface area contributed by atoms with Crippen LogP contribution in [0.5, 0.6) is 5.75 Å². The third-order valence-corrected chi connectivity index (χ3v) is 8.07. The Morgan fingerprint density at radius 3 is 2.21 bits per heavy atom. The number of carbonyl (C=O) groups excluding carboxylic acids is 5. The normalized spacial score (nSPS) is 19.5. The van der Waals surface area contributed by atoms with E-state index in [0.29, 0.717) is 12.8 Å². The summed E-state index contributed by atoms with van der Waals surface area (Å²) in [5.74, 6) is -3.87. The Labute approximate surface area is 251 Å². The highest BCUT2D eigenvalue weighted by molar-refractivity contribution is 6.34. The Hall–Kier alpha value is -4.90. The number of amides is 3. The molecule has 3 aromatic rings. The summed E-state index contributed by atoms with van der Waals surface area (Å²) in [4.78, 5) is 76.7. The number of nitro groups is 1. The molecule has 12 heteroatoms. The standard InChI is InChI=1S/C31H26ClN3O8/c1-18-6-15-23-25(16-18)30(39)34(29(23)38)33(28(37)24-4-2-3-5-26(24)32)17-27(36)19-9-13-22(14-10-19)43-31(40)20-7-11-21(12-8-20)35(41)42/h2-5,7-14,18,23,25H,6,15-17H2,1H3/t18-,23+,25+/m1/s1. The second-order valence-corrected chi connectivity index (χ2v) is 11.0. The molecule has 1 saturated carbocycles. The summed E-state index contributed by atoms with van der Waals surface area (Å²) in [6.07, 6.45) is 1.83. The number of ether oxygens (including phenoxy) is 1. The highest BCUT2D eigenvalue weighted by Crippen LogP contribution is 2.41. The smallest absolute Gasteiger partial charge is 0.343 e. The molecule has 0 bridgehead atoms. The first-order chi connectivity index (χ1) is 20.5. The van der Waals surface area contributed by atoms with Crippen LogP contribution >= 0.6 is 11.6 Å². The maximum Gasteiger partial charge on any atom is 0.343 e. The molecule has 1 saturated heterocycles. The van der Waals surface area contributed by atoms with Crippen molar-refractivity contribution in [3.63, 3.8) is 0 Å².